The number of carbonyl (C=O) groups is 1. The van der Waals surface area contributed by atoms with Crippen LogP contribution in [0.4, 0.5) is 0 Å². The van der Waals surface area contributed by atoms with Gasteiger partial charge in [0.25, 0.3) is 5.91 Å². The maximum atomic E-state index is 12.5. The summed E-state index contributed by atoms with van der Waals surface area (Å²) in [7, 11) is 3.65. The summed E-state index contributed by atoms with van der Waals surface area (Å²) in [5.74, 6) is -0.0233. The second-order valence-electron chi connectivity index (χ2n) is 5.66. The lowest BCUT2D eigenvalue weighted by Gasteiger charge is -2.17. The second-order valence-corrected chi connectivity index (χ2v) is 6.10. The number of nitrogens with zero attached hydrogens (tertiary/aromatic N) is 5. The molecule has 0 saturated heterocycles. The zero-order valence-corrected chi connectivity index (χ0v) is 14.3. The van der Waals surface area contributed by atoms with Gasteiger partial charge in [0.1, 0.15) is 0 Å². The zero-order chi connectivity index (χ0) is 17.1. The molecule has 7 heteroatoms. The van der Waals surface area contributed by atoms with Crippen molar-refractivity contribution in [3.63, 3.8) is 0 Å². The fourth-order valence-electron chi connectivity index (χ4n) is 2.46. The van der Waals surface area contributed by atoms with Crippen LogP contribution in [0.2, 0.25) is 5.02 Å². The summed E-state index contributed by atoms with van der Waals surface area (Å²) >= 11 is 5.86. The Morgan fingerprint density at radius 3 is 2.54 bits per heavy atom. The molecule has 2 aromatic heterocycles. The highest BCUT2D eigenvalue weighted by molar-refractivity contribution is 6.30. The molecule has 0 aliphatic rings. The monoisotopic (exact) mass is 343 g/mol. The minimum atomic E-state index is -0.0233. The van der Waals surface area contributed by atoms with E-state index in [9.17, 15) is 4.79 Å². The molecule has 1 aromatic carbocycles. The molecule has 6 nitrogen and oxygen atoms in total. The molecule has 0 radical (unpaired) electrons. The quantitative estimate of drug-likeness (QED) is 0.715. The van der Waals surface area contributed by atoms with Gasteiger partial charge in [-0.2, -0.15) is 10.2 Å². The van der Waals surface area contributed by atoms with E-state index in [2.05, 4.69) is 10.2 Å². The summed E-state index contributed by atoms with van der Waals surface area (Å²) < 4.78 is 3.52. The van der Waals surface area contributed by atoms with Crippen molar-refractivity contribution in [2.45, 2.75) is 13.1 Å². The van der Waals surface area contributed by atoms with Crippen molar-refractivity contribution in [3.05, 3.63) is 70.8 Å². The summed E-state index contributed by atoms with van der Waals surface area (Å²) in [6.45, 7) is 1.13. The predicted molar refractivity (Wildman–Crippen MR) is 91.8 cm³/mol. The highest BCUT2D eigenvalue weighted by Gasteiger charge is 2.13. The van der Waals surface area contributed by atoms with Gasteiger partial charge in [0.05, 0.1) is 30.0 Å². The van der Waals surface area contributed by atoms with Crippen LogP contribution in [0.15, 0.2) is 48.9 Å². The molecule has 0 bridgehead atoms. The van der Waals surface area contributed by atoms with Crippen LogP contribution < -0.4 is 0 Å². The molecule has 0 saturated carbocycles. The van der Waals surface area contributed by atoms with Gasteiger partial charge in [-0.05, 0) is 23.8 Å². The minimum Gasteiger partial charge on any atom is -0.336 e. The van der Waals surface area contributed by atoms with Gasteiger partial charge in [-0.15, -0.1) is 0 Å². The molecule has 3 rings (SSSR count). The van der Waals surface area contributed by atoms with E-state index in [0.717, 1.165) is 11.3 Å². The van der Waals surface area contributed by atoms with Crippen LogP contribution in [0, 0.1) is 0 Å². The number of aryl methyl sites for hydroxylation is 1. The van der Waals surface area contributed by atoms with Gasteiger partial charge in [-0.1, -0.05) is 23.7 Å². The summed E-state index contributed by atoms with van der Waals surface area (Å²) in [5, 5.41) is 8.87. The molecule has 2 heterocycles. The average Bonchev–Trinajstić information content (AvgIpc) is 3.16. The zero-order valence-electron chi connectivity index (χ0n) is 13.6. The van der Waals surface area contributed by atoms with E-state index in [1.807, 2.05) is 37.4 Å². The Labute approximate surface area is 145 Å². The smallest absolute Gasteiger partial charge is 0.253 e. The van der Waals surface area contributed by atoms with E-state index in [-0.39, 0.29) is 5.91 Å². The molecule has 124 valence electrons. The predicted octanol–water partition coefficient (Wildman–Crippen LogP) is 2.59. The summed E-state index contributed by atoms with van der Waals surface area (Å²) in [6, 6.07) is 9.44. The maximum absolute atomic E-state index is 12.5. The number of rotatable bonds is 5. The van der Waals surface area contributed by atoms with E-state index in [0.29, 0.717) is 23.7 Å². The lowest BCUT2D eigenvalue weighted by molar-refractivity contribution is 0.0782. The van der Waals surface area contributed by atoms with Gasteiger partial charge in [0.2, 0.25) is 0 Å². The van der Waals surface area contributed by atoms with Crippen molar-refractivity contribution in [2.75, 3.05) is 7.05 Å². The number of aromatic nitrogens is 4. The van der Waals surface area contributed by atoms with Gasteiger partial charge in [0, 0.05) is 32.1 Å². The largest absolute Gasteiger partial charge is 0.336 e. The molecule has 24 heavy (non-hydrogen) atoms. The first kappa shape index (κ1) is 16.3. The third-order valence-corrected chi connectivity index (χ3v) is 4.01. The van der Waals surface area contributed by atoms with Crippen molar-refractivity contribution in [1.29, 1.82) is 0 Å². The summed E-state index contributed by atoms with van der Waals surface area (Å²) in [4.78, 5) is 14.2. The highest BCUT2D eigenvalue weighted by atomic mass is 35.5. The standard InChI is InChI=1S/C17H18ClN5O/c1-21(12-16-7-8-19-22(16)2)17(24)14-5-3-13(4-6-14)10-23-11-15(18)9-20-23/h3-9,11H,10,12H2,1-2H3. The number of halogens is 1. The molecular weight excluding hydrogens is 326 g/mol. The van der Waals surface area contributed by atoms with Gasteiger partial charge < -0.3 is 4.90 Å². The van der Waals surface area contributed by atoms with Gasteiger partial charge >= 0.3 is 0 Å². The Morgan fingerprint density at radius 2 is 1.96 bits per heavy atom. The summed E-state index contributed by atoms with van der Waals surface area (Å²) in [6.07, 6.45) is 5.10. The second kappa shape index (κ2) is 6.88. The Hall–Kier alpha value is -2.60. The highest BCUT2D eigenvalue weighted by Crippen LogP contribution is 2.12. The average molecular weight is 344 g/mol. The van der Waals surface area contributed by atoms with Crippen LogP contribution in [0.1, 0.15) is 21.6 Å². The molecule has 0 atom stereocenters. The lowest BCUT2D eigenvalue weighted by Crippen LogP contribution is -2.27. The van der Waals surface area contributed by atoms with Crippen LogP contribution in [-0.4, -0.2) is 37.4 Å². The Balaban J connectivity index is 1.66. The van der Waals surface area contributed by atoms with Crippen molar-refractivity contribution < 1.29 is 4.79 Å². The van der Waals surface area contributed by atoms with Crippen LogP contribution in [0.5, 0.6) is 0 Å². The molecule has 0 N–H and O–H groups in total. The van der Waals surface area contributed by atoms with Crippen molar-refractivity contribution in [2.24, 2.45) is 7.05 Å². The number of carbonyl (C=O) groups excluding carboxylic acids is 1. The molecule has 0 aliphatic carbocycles. The maximum Gasteiger partial charge on any atom is 0.253 e. The van der Waals surface area contributed by atoms with Gasteiger partial charge in [0.15, 0.2) is 0 Å². The van der Waals surface area contributed by atoms with E-state index < -0.39 is 0 Å². The van der Waals surface area contributed by atoms with Gasteiger partial charge in [-0.3, -0.25) is 14.2 Å². The fraction of sp³-hybridized carbons (Fsp3) is 0.235. The number of hydrogen-bond donors (Lipinski definition) is 0. The molecule has 3 aromatic rings. The van der Waals surface area contributed by atoms with Crippen LogP contribution >= 0.6 is 11.6 Å². The topological polar surface area (TPSA) is 56.0 Å². The van der Waals surface area contributed by atoms with Crippen LogP contribution in [0.25, 0.3) is 0 Å². The fourth-order valence-corrected chi connectivity index (χ4v) is 2.61. The Morgan fingerprint density at radius 1 is 1.21 bits per heavy atom. The van der Waals surface area contributed by atoms with Crippen molar-refractivity contribution in [1.82, 2.24) is 24.5 Å². The third kappa shape index (κ3) is 3.65. The Bertz CT molecular complexity index is 837. The molecule has 0 aliphatic heterocycles. The van der Waals surface area contributed by atoms with E-state index in [4.69, 9.17) is 11.6 Å². The SMILES string of the molecule is CN(Cc1ccnn1C)C(=O)c1ccc(Cn2cc(Cl)cn2)cc1. The molecular formula is C17H18ClN5O. The Kier molecular flexibility index (Phi) is 4.66. The molecule has 0 spiro atoms. The first-order valence-electron chi connectivity index (χ1n) is 7.52. The molecule has 0 unspecified atom stereocenters. The minimum absolute atomic E-state index is 0.0233. The lowest BCUT2D eigenvalue weighted by atomic mass is 10.1. The first-order chi connectivity index (χ1) is 11.5. The molecule has 1 amide bonds. The summed E-state index contributed by atoms with van der Waals surface area (Å²) in [5.41, 5.74) is 2.69. The first-order valence-corrected chi connectivity index (χ1v) is 7.90. The van der Waals surface area contributed by atoms with Crippen LogP contribution in [0.3, 0.4) is 0 Å². The van der Waals surface area contributed by atoms with E-state index >= 15 is 0 Å². The number of amides is 1. The van der Waals surface area contributed by atoms with Crippen molar-refractivity contribution in [3.8, 4) is 0 Å². The van der Waals surface area contributed by atoms with Crippen LogP contribution in [-0.2, 0) is 20.1 Å². The van der Waals surface area contributed by atoms with E-state index in [1.165, 1.54) is 0 Å². The number of benzene rings is 1. The number of hydrogen-bond acceptors (Lipinski definition) is 3. The normalized spacial score (nSPS) is 10.8. The van der Waals surface area contributed by atoms with Gasteiger partial charge in [-0.25, -0.2) is 0 Å². The molecule has 0 fully saturated rings. The van der Waals surface area contributed by atoms with Crippen molar-refractivity contribution >= 4 is 17.5 Å². The van der Waals surface area contributed by atoms with E-state index in [1.54, 1.807) is 39.9 Å². The third-order valence-electron chi connectivity index (χ3n) is 3.82.